The lowest BCUT2D eigenvalue weighted by Gasteiger charge is -2.33. The first kappa shape index (κ1) is 70.4. The first-order chi connectivity index (χ1) is 45.5. The Kier molecular flexibility index (Phi) is 22.0. The third-order valence-corrected chi connectivity index (χ3v) is 22.9. The average Bonchev–Trinajstić information content (AvgIpc) is 1.54. The number of benzene rings is 7. The standard InChI is InChI=1S/C87H116B2N2O4/c1-16-20-24-28-30-36-56-87(57-37-31-29-25-21-17-2)76-58-64(63-42-49-69(50-43-63)90(70-51-45-67(46-52-70)82(5,6)7)71-53-47-68(48-54-71)88-92-83(8,9)84(10,11)93-88)44-55-72(76)74-62-81-75(61-77(74)87)73-40-34-35-41-79(73)91(81)80-60-65(38-32-26-22-18-3)78(59-66(80)39-33-27-23-19-4)89-94-85(12,13)86(14,15)95-89/h34-35,40-55,58-62H,16-33,36-39,56-57H2,1-15H3. The Morgan fingerprint density at radius 2 is 0.863 bits per heavy atom. The van der Waals surface area contributed by atoms with E-state index in [1.54, 1.807) is 5.56 Å². The van der Waals surface area contributed by atoms with Crippen molar-refractivity contribution < 1.29 is 18.6 Å². The highest BCUT2D eigenvalue weighted by molar-refractivity contribution is 6.63. The molecule has 0 N–H and O–H groups in total. The Hall–Kier alpha value is -5.89. The summed E-state index contributed by atoms with van der Waals surface area (Å²) in [6, 6.07) is 54.9. The molecule has 0 unspecified atom stereocenters. The van der Waals surface area contributed by atoms with Crippen LogP contribution in [0.5, 0.6) is 0 Å². The zero-order chi connectivity index (χ0) is 67.3. The molecule has 1 aliphatic carbocycles. The van der Waals surface area contributed by atoms with E-state index in [-0.39, 0.29) is 10.8 Å². The molecule has 8 heteroatoms. The van der Waals surface area contributed by atoms with Gasteiger partial charge in [0, 0.05) is 38.9 Å². The molecule has 504 valence electrons. The van der Waals surface area contributed by atoms with Crippen LogP contribution in [0.25, 0.3) is 49.7 Å². The normalized spacial score (nSPS) is 16.7. The molecule has 2 aliphatic heterocycles. The molecule has 6 nitrogen and oxygen atoms in total. The predicted octanol–water partition coefficient (Wildman–Crippen LogP) is 23.8. The van der Waals surface area contributed by atoms with E-state index < -0.39 is 36.6 Å². The lowest BCUT2D eigenvalue weighted by Crippen LogP contribution is -2.41. The molecular formula is C87H116B2N2O4. The second-order valence-electron chi connectivity index (χ2n) is 31.9. The summed E-state index contributed by atoms with van der Waals surface area (Å²) in [6.45, 7) is 33.5. The number of fused-ring (bicyclic) bond motifs is 6. The highest BCUT2D eigenvalue weighted by Gasteiger charge is 2.53. The molecule has 3 aliphatic rings. The second kappa shape index (κ2) is 29.7. The van der Waals surface area contributed by atoms with Crippen LogP contribution in [0.15, 0.2) is 140 Å². The van der Waals surface area contributed by atoms with E-state index in [0.29, 0.717) is 0 Å². The molecule has 8 aromatic rings. The molecule has 0 amide bonds. The fourth-order valence-corrected chi connectivity index (χ4v) is 15.6. The maximum absolute atomic E-state index is 6.98. The quantitative estimate of drug-likeness (QED) is 0.0320. The number of anilines is 3. The summed E-state index contributed by atoms with van der Waals surface area (Å²) in [7, 11) is -0.842. The van der Waals surface area contributed by atoms with Gasteiger partial charge in [-0.25, -0.2) is 0 Å². The summed E-state index contributed by atoms with van der Waals surface area (Å²) in [4.78, 5) is 2.40. The Labute approximate surface area is 575 Å². The number of nitrogens with zero attached hydrogens (tertiary/aromatic N) is 2. The number of unbranched alkanes of at least 4 members (excludes halogenated alkanes) is 16. The molecule has 7 aromatic carbocycles. The van der Waals surface area contributed by atoms with E-state index in [2.05, 4.69) is 253 Å². The Morgan fingerprint density at radius 1 is 0.400 bits per heavy atom. The molecule has 95 heavy (non-hydrogen) atoms. The van der Waals surface area contributed by atoms with Crippen LogP contribution in [-0.4, -0.2) is 41.2 Å². The smallest absolute Gasteiger partial charge is 0.399 e. The largest absolute Gasteiger partial charge is 0.495 e. The molecular weight excluding hydrogens is 1160 g/mol. The van der Waals surface area contributed by atoms with Gasteiger partial charge in [-0.2, -0.15) is 0 Å². The molecule has 0 saturated carbocycles. The van der Waals surface area contributed by atoms with E-state index in [1.807, 2.05) is 0 Å². The molecule has 0 spiro atoms. The summed E-state index contributed by atoms with van der Waals surface area (Å²) in [6.07, 6.45) is 29.3. The topological polar surface area (TPSA) is 45.1 Å². The third-order valence-electron chi connectivity index (χ3n) is 22.9. The molecule has 0 radical (unpaired) electrons. The number of rotatable bonds is 31. The van der Waals surface area contributed by atoms with Crippen molar-refractivity contribution in [1.29, 1.82) is 0 Å². The Bertz CT molecular complexity index is 3820. The molecule has 3 heterocycles. The predicted molar refractivity (Wildman–Crippen MR) is 409 cm³/mol. The first-order valence-electron chi connectivity index (χ1n) is 37.8. The van der Waals surface area contributed by atoms with Gasteiger partial charge in [-0.15, -0.1) is 0 Å². The van der Waals surface area contributed by atoms with Gasteiger partial charge in [0.15, 0.2) is 0 Å². The van der Waals surface area contributed by atoms with Gasteiger partial charge in [0.05, 0.1) is 33.4 Å². The number of hydrogen-bond donors (Lipinski definition) is 0. The summed E-state index contributed by atoms with van der Waals surface area (Å²) >= 11 is 0. The zero-order valence-electron chi connectivity index (χ0n) is 61.4. The van der Waals surface area contributed by atoms with E-state index in [1.165, 1.54) is 193 Å². The van der Waals surface area contributed by atoms with Crippen molar-refractivity contribution in [2.45, 2.75) is 291 Å². The van der Waals surface area contributed by atoms with Crippen molar-refractivity contribution in [2.75, 3.05) is 4.90 Å². The van der Waals surface area contributed by atoms with Gasteiger partial charge >= 0.3 is 14.2 Å². The van der Waals surface area contributed by atoms with E-state index in [9.17, 15) is 0 Å². The van der Waals surface area contributed by atoms with Gasteiger partial charge in [0.1, 0.15) is 0 Å². The van der Waals surface area contributed by atoms with Crippen LogP contribution < -0.4 is 15.8 Å². The van der Waals surface area contributed by atoms with E-state index >= 15 is 0 Å². The molecule has 2 saturated heterocycles. The maximum atomic E-state index is 6.98. The van der Waals surface area contributed by atoms with Crippen LogP contribution in [-0.2, 0) is 42.3 Å². The monoisotopic (exact) mass is 1270 g/mol. The highest BCUT2D eigenvalue weighted by Crippen LogP contribution is 2.57. The molecule has 11 rings (SSSR count). The SMILES string of the molecule is CCCCCCCCC1(CCCCCCCC)c2cc(-c3ccc(N(c4ccc(B5OC(C)(C)C(C)(C)O5)cc4)c4ccc(C(C)(C)C)cc4)cc3)ccc2-c2cc3c(cc21)c1ccccc1n3-c1cc(CCCCCC)c(B2OC(C)(C)C(C)(C)O2)cc1CCCCCC. The minimum absolute atomic E-state index is 0.0403. The van der Waals surface area contributed by atoms with Crippen LogP contribution in [0.4, 0.5) is 17.1 Å². The van der Waals surface area contributed by atoms with Crippen LogP contribution in [0.3, 0.4) is 0 Å². The van der Waals surface area contributed by atoms with Crippen LogP contribution in [0.1, 0.15) is 273 Å². The van der Waals surface area contributed by atoms with Crippen LogP contribution in [0.2, 0.25) is 0 Å². The zero-order valence-corrected chi connectivity index (χ0v) is 61.4. The fourth-order valence-electron chi connectivity index (χ4n) is 15.6. The number of hydrogen-bond acceptors (Lipinski definition) is 5. The number of aromatic nitrogens is 1. The molecule has 0 atom stereocenters. The van der Waals surface area contributed by atoms with Gasteiger partial charge in [0.25, 0.3) is 0 Å². The van der Waals surface area contributed by atoms with Gasteiger partial charge < -0.3 is 28.1 Å². The Morgan fingerprint density at radius 3 is 1.41 bits per heavy atom. The highest BCUT2D eigenvalue weighted by atomic mass is 16.7. The van der Waals surface area contributed by atoms with Gasteiger partial charge in [0.2, 0.25) is 0 Å². The lowest BCUT2D eigenvalue weighted by atomic mass is 9.70. The first-order valence-corrected chi connectivity index (χ1v) is 37.8. The van der Waals surface area contributed by atoms with Crippen molar-refractivity contribution in [3.05, 3.63) is 167 Å². The minimum Gasteiger partial charge on any atom is -0.399 e. The molecule has 2 fully saturated rings. The van der Waals surface area contributed by atoms with Crippen molar-refractivity contribution in [2.24, 2.45) is 0 Å². The van der Waals surface area contributed by atoms with Crippen molar-refractivity contribution >= 4 is 64.0 Å². The van der Waals surface area contributed by atoms with Crippen molar-refractivity contribution in [3.63, 3.8) is 0 Å². The minimum atomic E-state index is -0.431. The summed E-state index contributed by atoms with van der Waals surface area (Å²) < 4.78 is 29.7. The lowest BCUT2D eigenvalue weighted by molar-refractivity contribution is 0.00578. The van der Waals surface area contributed by atoms with Crippen LogP contribution in [0, 0.1) is 0 Å². The van der Waals surface area contributed by atoms with Crippen molar-refractivity contribution in [1.82, 2.24) is 4.57 Å². The van der Waals surface area contributed by atoms with E-state index in [0.717, 1.165) is 61.0 Å². The summed E-state index contributed by atoms with van der Waals surface area (Å²) in [5, 5.41) is 2.71. The number of aryl methyl sites for hydroxylation is 2. The fraction of sp³-hybridized carbons (Fsp3) is 0.517. The Balaban J connectivity index is 1.05. The van der Waals surface area contributed by atoms with Crippen LogP contribution >= 0.6 is 0 Å². The molecule has 0 bridgehead atoms. The summed E-state index contributed by atoms with van der Waals surface area (Å²) in [5.74, 6) is 0. The number of para-hydroxylation sites is 1. The summed E-state index contributed by atoms with van der Waals surface area (Å²) in [5.41, 5.74) is 20.2. The van der Waals surface area contributed by atoms with Crippen molar-refractivity contribution in [3.8, 4) is 27.9 Å². The molecule has 1 aromatic heterocycles. The van der Waals surface area contributed by atoms with E-state index in [4.69, 9.17) is 18.6 Å². The maximum Gasteiger partial charge on any atom is 0.495 e. The third kappa shape index (κ3) is 14.8. The second-order valence-corrected chi connectivity index (χ2v) is 31.9. The van der Waals surface area contributed by atoms with Gasteiger partial charge in [-0.3, -0.25) is 0 Å². The average molecular weight is 1280 g/mol. The van der Waals surface area contributed by atoms with Gasteiger partial charge in [-0.1, -0.05) is 237 Å². The van der Waals surface area contributed by atoms with Gasteiger partial charge in [-0.05, 0) is 227 Å².